The Hall–Kier alpha value is -1.55. The van der Waals surface area contributed by atoms with Crippen molar-refractivity contribution in [2.45, 2.75) is 25.4 Å². The molecular formula is C18H27N3O5S. The van der Waals surface area contributed by atoms with Gasteiger partial charge in [-0.1, -0.05) is 12.1 Å². The molecule has 1 aromatic rings. The maximum atomic E-state index is 11.9. The Bertz CT molecular complexity index is 732. The zero-order valence-corrected chi connectivity index (χ0v) is 16.3. The molecule has 0 bridgehead atoms. The fourth-order valence-electron chi connectivity index (χ4n) is 3.73. The summed E-state index contributed by atoms with van der Waals surface area (Å²) in [7, 11) is -2.95. The predicted octanol–water partition coefficient (Wildman–Crippen LogP) is 1.31. The van der Waals surface area contributed by atoms with Crippen molar-refractivity contribution >= 4 is 15.5 Å². The van der Waals surface area contributed by atoms with Gasteiger partial charge in [0.25, 0.3) is 5.69 Å². The van der Waals surface area contributed by atoms with Gasteiger partial charge < -0.3 is 4.74 Å². The molecule has 0 saturated carbocycles. The van der Waals surface area contributed by atoms with E-state index in [-0.39, 0.29) is 23.2 Å². The number of nitrogens with zero attached hydrogens (tertiary/aromatic N) is 3. The lowest BCUT2D eigenvalue weighted by Crippen LogP contribution is -2.40. The van der Waals surface area contributed by atoms with Crippen LogP contribution in [0.25, 0.3) is 0 Å². The number of morpholine rings is 1. The summed E-state index contributed by atoms with van der Waals surface area (Å²) in [5, 5.41) is 10.8. The summed E-state index contributed by atoms with van der Waals surface area (Å²) >= 11 is 0. The molecule has 0 spiro atoms. The summed E-state index contributed by atoms with van der Waals surface area (Å²) in [6.07, 6.45) is 1.62. The summed E-state index contributed by atoms with van der Waals surface area (Å²) in [5.74, 6) is 0.454. The van der Waals surface area contributed by atoms with Crippen LogP contribution >= 0.6 is 0 Å². The van der Waals surface area contributed by atoms with Crippen LogP contribution < -0.4 is 0 Å². The van der Waals surface area contributed by atoms with Crippen LogP contribution in [0.2, 0.25) is 0 Å². The van der Waals surface area contributed by atoms with Crippen molar-refractivity contribution in [3.05, 3.63) is 39.9 Å². The first-order valence-electron chi connectivity index (χ1n) is 9.41. The molecule has 0 aliphatic carbocycles. The summed E-state index contributed by atoms with van der Waals surface area (Å²) < 4.78 is 29.2. The van der Waals surface area contributed by atoms with Crippen LogP contribution in [-0.2, 0) is 21.1 Å². The van der Waals surface area contributed by atoms with Crippen LogP contribution in [0.1, 0.15) is 18.4 Å². The number of hydrogen-bond donors (Lipinski definition) is 0. The maximum absolute atomic E-state index is 11.9. The Morgan fingerprint density at radius 2 is 1.93 bits per heavy atom. The van der Waals surface area contributed by atoms with E-state index >= 15 is 0 Å². The topological polar surface area (TPSA) is 93.0 Å². The molecule has 2 aliphatic heterocycles. The number of nitro groups is 1. The normalized spacial score (nSPS) is 22.9. The van der Waals surface area contributed by atoms with E-state index in [9.17, 15) is 18.5 Å². The Labute approximate surface area is 160 Å². The van der Waals surface area contributed by atoms with E-state index in [2.05, 4.69) is 9.80 Å². The summed E-state index contributed by atoms with van der Waals surface area (Å²) in [6.45, 7) is 5.83. The quantitative estimate of drug-likeness (QED) is 0.482. The fourth-order valence-corrected chi connectivity index (χ4v) is 5.50. The minimum Gasteiger partial charge on any atom is -0.379 e. The number of non-ortho nitro benzene ring substituents is 1. The summed E-state index contributed by atoms with van der Waals surface area (Å²) in [4.78, 5) is 15.0. The molecule has 2 aliphatic rings. The Morgan fingerprint density at radius 3 is 2.52 bits per heavy atom. The van der Waals surface area contributed by atoms with Crippen LogP contribution in [0, 0.1) is 10.1 Å². The van der Waals surface area contributed by atoms with Crippen molar-refractivity contribution < 1.29 is 18.1 Å². The van der Waals surface area contributed by atoms with Gasteiger partial charge in [-0.15, -0.1) is 0 Å². The van der Waals surface area contributed by atoms with Gasteiger partial charge in [-0.3, -0.25) is 19.9 Å². The van der Waals surface area contributed by atoms with E-state index in [0.717, 1.165) is 51.4 Å². The van der Waals surface area contributed by atoms with E-state index < -0.39 is 14.8 Å². The predicted molar refractivity (Wildman–Crippen MR) is 102 cm³/mol. The Kier molecular flexibility index (Phi) is 6.80. The summed E-state index contributed by atoms with van der Waals surface area (Å²) in [5.41, 5.74) is 1.04. The molecule has 27 heavy (non-hydrogen) atoms. The zero-order chi connectivity index (χ0) is 19.3. The lowest BCUT2D eigenvalue weighted by molar-refractivity contribution is -0.384. The third-order valence-electron chi connectivity index (χ3n) is 5.28. The zero-order valence-electron chi connectivity index (χ0n) is 15.5. The molecule has 150 valence electrons. The van der Waals surface area contributed by atoms with Gasteiger partial charge in [0.05, 0.1) is 29.6 Å². The minimum atomic E-state index is -2.95. The number of benzene rings is 1. The molecular weight excluding hydrogens is 370 g/mol. The average Bonchev–Trinajstić information content (AvgIpc) is 3.02. The highest BCUT2D eigenvalue weighted by molar-refractivity contribution is 7.91. The van der Waals surface area contributed by atoms with Gasteiger partial charge in [0.2, 0.25) is 0 Å². The lowest BCUT2D eigenvalue weighted by atomic mass is 10.1. The molecule has 0 amide bonds. The largest absolute Gasteiger partial charge is 0.379 e. The molecule has 2 saturated heterocycles. The molecule has 0 N–H and O–H groups in total. The van der Waals surface area contributed by atoms with Gasteiger partial charge in [-0.05, 0) is 24.9 Å². The monoisotopic (exact) mass is 397 g/mol. The van der Waals surface area contributed by atoms with Crippen molar-refractivity contribution in [3.8, 4) is 0 Å². The summed E-state index contributed by atoms with van der Waals surface area (Å²) in [6, 6.07) is 6.56. The maximum Gasteiger partial charge on any atom is 0.269 e. The average molecular weight is 397 g/mol. The second-order valence-electron chi connectivity index (χ2n) is 7.26. The van der Waals surface area contributed by atoms with E-state index in [4.69, 9.17) is 4.74 Å². The van der Waals surface area contributed by atoms with Crippen molar-refractivity contribution in [1.82, 2.24) is 9.80 Å². The van der Waals surface area contributed by atoms with Crippen LogP contribution in [0.5, 0.6) is 0 Å². The fraction of sp³-hybridized carbons (Fsp3) is 0.667. The molecule has 0 unspecified atom stereocenters. The number of rotatable bonds is 8. The van der Waals surface area contributed by atoms with E-state index in [0.29, 0.717) is 13.0 Å². The van der Waals surface area contributed by atoms with Crippen molar-refractivity contribution in [2.75, 3.05) is 50.9 Å². The molecule has 0 aromatic heterocycles. The van der Waals surface area contributed by atoms with Gasteiger partial charge >= 0.3 is 0 Å². The van der Waals surface area contributed by atoms with E-state index in [1.807, 2.05) is 0 Å². The van der Waals surface area contributed by atoms with E-state index in [1.165, 1.54) is 12.1 Å². The van der Waals surface area contributed by atoms with Crippen molar-refractivity contribution in [2.24, 2.45) is 0 Å². The number of sulfone groups is 1. The Balaban J connectivity index is 1.61. The highest BCUT2D eigenvalue weighted by Gasteiger charge is 2.32. The Morgan fingerprint density at radius 1 is 1.22 bits per heavy atom. The molecule has 2 heterocycles. The van der Waals surface area contributed by atoms with Gasteiger partial charge in [0.1, 0.15) is 0 Å². The first-order chi connectivity index (χ1) is 12.9. The smallest absolute Gasteiger partial charge is 0.269 e. The molecule has 9 heteroatoms. The molecule has 1 aromatic carbocycles. The number of nitro benzene ring substituents is 1. The second-order valence-corrected chi connectivity index (χ2v) is 9.49. The van der Waals surface area contributed by atoms with Crippen LogP contribution in [0.4, 0.5) is 5.69 Å². The van der Waals surface area contributed by atoms with Crippen LogP contribution in [-0.4, -0.2) is 80.1 Å². The molecule has 2 fully saturated rings. The molecule has 8 nitrogen and oxygen atoms in total. The highest BCUT2D eigenvalue weighted by atomic mass is 32.2. The van der Waals surface area contributed by atoms with Gasteiger partial charge in [0.15, 0.2) is 9.84 Å². The van der Waals surface area contributed by atoms with Crippen molar-refractivity contribution in [1.29, 1.82) is 0 Å². The highest BCUT2D eigenvalue weighted by Crippen LogP contribution is 2.21. The molecule has 1 atom stereocenters. The lowest BCUT2D eigenvalue weighted by Gasteiger charge is -2.31. The number of ether oxygens (including phenoxy) is 1. The third-order valence-corrected chi connectivity index (χ3v) is 7.03. The van der Waals surface area contributed by atoms with E-state index in [1.54, 1.807) is 12.1 Å². The van der Waals surface area contributed by atoms with Crippen molar-refractivity contribution in [3.63, 3.8) is 0 Å². The van der Waals surface area contributed by atoms with Gasteiger partial charge in [0, 0.05) is 44.4 Å². The molecule has 3 rings (SSSR count). The first-order valence-corrected chi connectivity index (χ1v) is 11.2. The first kappa shape index (κ1) is 20.2. The standard InChI is InChI=1S/C18H27N3O5S/c22-21(23)17-4-2-16(3-5-17)14-20(18-6-13-27(24,25)15-18)8-1-7-19-9-11-26-12-10-19/h2-5,18H,1,6-15H2/t18-/m1/s1. The SMILES string of the molecule is O=[N+]([O-])c1ccc(CN(CCCN2CCOCC2)[C@@H]2CCS(=O)(=O)C2)cc1. The minimum absolute atomic E-state index is 0.0230. The van der Waals surface area contributed by atoms with Gasteiger partial charge in [-0.25, -0.2) is 8.42 Å². The van der Waals surface area contributed by atoms with Crippen LogP contribution in [0.15, 0.2) is 24.3 Å². The van der Waals surface area contributed by atoms with Gasteiger partial charge in [-0.2, -0.15) is 0 Å². The third kappa shape index (κ3) is 5.97. The van der Waals surface area contributed by atoms with Crippen LogP contribution in [0.3, 0.4) is 0 Å². The second kappa shape index (κ2) is 9.09. The number of hydrogen-bond acceptors (Lipinski definition) is 7. The molecule has 0 radical (unpaired) electrons.